The van der Waals surface area contributed by atoms with E-state index in [1.54, 1.807) is 0 Å². The largest absolute Gasteiger partial charge is 0.377 e. The Morgan fingerprint density at radius 1 is 1.40 bits per heavy atom. The zero-order chi connectivity index (χ0) is 10.8. The van der Waals surface area contributed by atoms with Gasteiger partial charge < -0.3 is 10.1 Å². The van der Waals surface area contributed by atoms with Crippen LogP contribution in [0.15, 0.2) is 0 Å². The first-order valence-corrected chi connectivity index (χ1v) is 6.27. The summed E-state index contributed by atoms with van der Waals surface area (Å²) in [6.07, 6.45) is 1.64. The standard InChI is InChI=1S/C12H24N2O/c1-9(2)11-8-14(6-5-13-11)12-4-7-15-10(12)3/h9-13H,4-8H2,1-3H3. The van der Waals surface area contributed by atoms with Crippen LogP contribution in [-0.4, -0.2) is 49.3 Å². The van der Waals surface area contributed by atoms with Crippen molar-refractivity contribution in [2.45, 2.75) is 45.4 Å². The number of piperazine rings is 1. The number of ether oxygens (including phenoxy) is 1. The fraction of sp³-hybridized carbons (Fsp3) is 1.00. The maximum atomic E-state index is 5.65. The van der Waals surface area contributed by atoms with Crippen molar-refractivity contribution in [1.29, 1.82) is 0 Å². The molecule has 0 aromatic rings. The molecule has 88 valence electrons. The third-order valence-corrected chi connectivity index (χ3v) is 3.85. The van der Waals surface area contributed by atoms with E-state index in [0.717, 1.165) is 19.1 Å². The SMILES string of the molecule is CC(C)C1CN(C2CCOC2C)CCN1. The lowest BCUT2D eigenvalue weighted by atomic mass is 9.99. The number of hydrogen-bond donors (Lipinski definition) is 1. The van der Waals surface area contributed by atoms with E-state index in [-0.39, 0.29) is 0 Å². The third-order valence-electron chi connectivity index (χ3n) is 3.85. The summed E-state index contributed by atoms with van der Waals surface area (Å²) in [5.74, 6) is 0.727. The zero-order valence-electron chi connectivity index (χ0n) is 10.2. The summed E-state index contributed by atoms with van der Waals surface area (Å²) in [7, 11) is 0. The molecule has 0 aromatic carbocycles. The fourth-order valence-electron chi connectivity index (χ4n) is 2.75. The monoisotopic (exact) mass is 212 g/mol. The van der Waals surface area contributed by atoms with Gasteiger partial charge in [-0.15, -0.1) is 0 Å². The predicted molar refractivity (Wildman–Crippen MR) is 62.0 cm³/mol. The van der Waals surface area contributed by atoms with Crippen molar-refractivity contribution in [3.8, 4) is 0 Å². The van der Waals surface area contributed by atoms with Crippen LogP contribution in [0, 0.1) is 5.92 Å². The van der Waals surface area contributed by atoms with Gasteiger partial charge in [0.2, 0.25) is 0 Å². The predicted octanol–water partition coefficient (Wildman–Crippen LogP) is 1.09. The molecule has 2 aliphatic heterocycles. The van der Waals surface area contributed by atoms with Crippen LogP contribution >= 0.6 is 0 Å². The topological polar surface area (TPSA) is 24.5 Å². The Labute approximate surface area is 93.2 Å². The number of nitrogens with one attached hydrogen (secondary N) is 1. The van der Waals surface area contributed by atoms with E-state index in [2.05, 4.69) is 31.0 Å². The highest BCUT2D eigenvalue weighted by atomic mass is 16.5. The molecular formula is C12H24N2O. The van der Waals surface area contributed by atoms with Crippen molar-refractivity contribution in [1.82, 2.24) is 10.2 Å². The first kappa shape index (κ1) is 11.4. The van der Waals surface area contributed by atoms with Crippen molar-refractivity contribution in [2.75, 3.05) is 26.2 Å². The lowest BCUT2D eigenvalue weighted by Crippen LogP contribution is -2.56. The van der Waals surface area contributed by atoms with Crippen molar-refractivity contribution in [3.05, 3.63) is 0 Å². The second-order valence-corrected chi connectivity index (χ2v) is 5.23. The average molecular weight is 212 g/mol. The molecule has 0 amide bonds. The minimum absolute atomic E-state index is 0.427. The summed E-state index contributed by atoms with van der Waals surface area (Å²) in [6, 6.07) is 1.32. The van der Waals surface area contributed by atoms with Gasteiger partial charge in [0.1, 0.15) is 0 Å². The van der Waals surface area contributed by atoms with Gasteiger partial charge in [-0.25, -0.2) is 0 Å². The van der Waals surface area contributed by atoms with Crippen LogP contribution in [0.1, 0.15) is 27.2 Å². The molecule has 0 aliphatic carbocycles. The molecule has 0 spiro atoms. The Morgan fingerprint density at radius 3 is 2.80 bits per heavy atom. The Kier molecular flexibility index (Phi) is 3.65. The molecule has 15 heavy (non-hydrogen) atoms. The highest BCUT2D eigenvalue weighted by Crippen LogP contribution is 2.21. The van der Waals surface area contributed by atoms with E-state index >= 15 is 0 Å². The van der Waals surface area contributed by atoms with Gasteiger partial charge in [0.05, 0.1) is 6.10 Å². The molecule has 3 heteroatoms. The van der Waals surface area contributed by atoms with Crippen molar-refractivity contribution < 1.29 is 4.74 Å². The minimum atomic E-state index is 0.427. The maximum absolute atomic E-state index is 5.65. The molecule has 2 rings (SSSR count). The molecule has 2 saturated heterocycles. The molecule has 3 atom stereocenters. The van der Waals surface area contributed by atoms with Crippen LogP contribution in [-0.2, 0) is 4.74 Å². The number of hydrogen-bond acceptors (Lipinski definition) is 3. The lowest BCUT2D eigenvalue weighted by Gasteiger charge is -2.39. The minimum Gasteiger partial charge on any atom is -0.377 e. The van der Waals surface area contributed by atoms with Gasteiger partial charge in [-0.05, 0) is 19.3 Å². The fourth-order valence-corrected chi connectivity index (χ4v) is 2.75. The van der Waals surface area contributed by atoms with Crippen molar-refractivity contribution >= 4 is 0 Å². The Bertz CT molecular complexity index is 208. The summed E-state index contributed by atoms with van der Waals surface area (Å²) in [5, 5.41) is 3.60. The van der Waals surface area contributed by atoms with Gasteiger partial charge >= 0.3 is 0 Å². The van der Waals surface area contributed by atoms with Gasteiger partial charge in [0.15, 0.2) is 0 Å². The molecule has 0 saturated carbocycles. The number of nitrogens with zero attached hydrogens (tertiary/aromatic N) is 1. The van der Waals surface area contributed by atoms with Gasteiger partial charge in [-0.2, -0.15) is 0 Å². The summed E-state index contributed by atoms with van der Waals surface area (Å²) < 4.78 is 5.65. The second-order valence-electron chi connectivity index (χ2n) is 5.23. The molecule has 2 fully saturated rings. The Balaban J connectivity index is 1.92. The van der Waals surface area contributed by atoms with E-state index in [4.69, 9.17) is 4.74 Å². The summed E-state index contributed by atoms with van der Waals surface area (Å²) in [4.78, 5) is 2.62. The van der Waals surface area contributed by atoms with Crippen LogP contribution in [0.4, 0.5) is 0 Å². The van der Waals surface area contributed by atoms with E-state index in [0.29, 0.717) is 18.2 Å². The first-order chi connectivity index (χ1) is 7.18. The van der Waals surface area contributed by atoms with Crippen molar-refractivity contribution in [2.24, 2.45) is 5.92 Å². The van der Waals surface area contributed by atoms with E-state index in [1.165, 1.54) is 19.5 Å². The average Bonchev–Trinajstić information content (AvgIpc) is 2.64. The van der Waals surface area contributed by atoms with Crippen molar-refractivity contribution in [3.63, 3.8) is 0 Å². The highest BCUT2D eigenvalue weighted by molar-refractivity contribution is 4.89. The van der Waals surface area contributed by atoms with Gasteiger partial charge in [0, 0.05) is 38.3 Å². The summed E-state index contributed by atoms with van der Waals surface area (Å²) >= 11 is 0. The maximum Gasteiger partial charge on any atom is 0.0703 e. The molecular weight excluding hydrogens is 188 g/mol. The smallest absolute Gasteiger partial charge is 0.0703 e. The van der Waals surface area contributed by atoms with Crippen LogP contribution in [0.2, 0.25) is 0 Å². The molecule has 0 radical (unpaired) electrons. The van der Waals surface area contributed by atoms with Crippen LogP contribution in [0.3, 0.4) is 0 Å². The molecule has 0 bridgehead atoms. The highest BCUT2D eigenvalue weighted by Gasteiger charge is 2.33. The van der Waals surface area contributed by atoms with Crippen LogP contribution in [0.25, 0.3) is 0 Å². The zero-order valence-corrected chi connectivity index (χ0v) is 10.2. The normalized spacial score (nSPS) is 38.8. The Hall–Kier alpha value is -0.120. The van der Waals surface area contributed by atoms with E-state index in [9.17, 15) is 0 Å². The van der Waals surface area contributed by atoms with Gasteiger partial charge in [-0.1, -0.05) is 13.8 Å². The van der Waals surface area contributed by atoms with Gasteiger partial charge in [-0.3, -0.25) is 4.90 Å². The first-order valence-electron chi connectivity index (χ1n) is 6.27. The number of rotatable bonds is 2. The molecule has 3 unspecified atom stereocenters. The van der Waals surface area contributed by atoms with E-state index in [1.807, 2.05) is 0 Å². The molecule has 2 heterocycles. The molecule has 0 aromatic heterocycles. The summed E-state index contributed by atoms with van der Waals surface area (Å²) in [6.45, 7) is 11.3. The molecule has 2 aliphatic rings. The summed E-state index contributed by atoms with van der Waals surface area (Å²) in [5.41, 5.74) is 0. The van der Waals surface area contributed by atoms with Crippen LogP contribution in [0.5, 0.6) is 0 Å². The third kappa shape index (κ3) is 2.52. The lowest BCUT2D eigenvalue weighted by molar-refractivity contribution is 0.0557. The molecule has 3 nitrogen and oxygen atoms in total. The van der Waals surface area contributed by atoms with Crippen LogP contribution < -0.4 is 5.32 Å². The molecule has 1 N–H and O–H groups in total. The van der Waals surface area contributed by atoms with E-state index < -0.39 is 0 Å². The quantitative estimate of drug-likeness (QED) is 0.741. The second kappa shape index (κ2) is 4.81. The Morgan fingerprint density at radius 2 is 2.20 bits per heavy atom. The van der Waals surface area contributed by atoms with Gasteiger partial charge in [0.25, 0.3) is 0 Å².